The van der Waals surface area contributed by atoms with Crippen LogP contribution in [0, 0.1) is 5.92 Å². The summed E-state index contributed by atoms with van der Waals surface area (Å²) < 4.78 is 1.99. The van der Waals surface area contributed by atoms with Gasteiger partial charge in [0.25, 0.3) is 0 Å². The monoisotopic (exact) mass is 251 g/mol. The first-order valence-electron chi connectivity index (χ1n) is 7.39. The molecule has 0 bridgehead atoms. The third-order valence-electron chi connectivity index (χ3n) is 3.89. The van der Waals surface area contributed by atoms with Gasteiger partial charge in [0.15, 0.2) is 0 Å². The molecule has 2 N–H and O–H groups in total. The second-order valence-electron chi connectivity index (χ2n) is 5.28. The van der Waals surface area contributed by atoms with Gasteiger partial charge < -0.3 is 5.73 Å². The normalized spacial score (nSPS) is 14.7. The number of unbranched alkanes of at least 4 members (excludes halogenated alkanes) is 1. The number of hydrogen-bond donors (Lipinski definition) is 1. The van der Waals surface area contributed by atoms with Crippen LogP contribution in [-0.2, 0) is 19.9 Å². The lowest BCUT2D eigenvalue weighted by Crippen LogP contribution is -2.32. The van der Waals surface area contributed by atoms with Crippen LogP contribution in [0.1, 0.15) is 57.8 Å². The Labute approximate surface area is 112 Å². The summed E-state index contributed by atoms with van der Waals surface area (Å²) in [5.41, 5.74) is 8.82. The van der Waals surface area contributed by atoms with Gasteiger partial charge in [-0.15, -0.1) is 0 Å². The first-order chi connectivity index (χ1) is 8.62. The maximum Gasteiger partial charge on any atom is 0.0624 e. The molecule has 0 saturated heterocycles. The maximum absolute atomic E-state index is 6.38. The van der Waals surface area contributed by atoms with Gasteiger partial charge in [-0.1, -0.05) is 40.0 Å². The molecule has 1 aromatic rings. The summed E-state index contributed by atoms with van der Waals surface area (Å²) in [6, 6.07) is 2.47. The molecule has 0 radical (unpaired) electrons. The minimum Gasteiger partial charge on any atom is -0.327 e. The van der Waals surface area contributed by atoms with Gasteiger partial charge in [-0.3, -0.25) is 4.68 Å². The molecule has 3 nitrogen and oxygen atoms in total. The van der Waals surface area contributed by atoms with Crippen LogP contribution in [0.4, 0.5) is 0 Å². The van der Waals surface area contributed by atoms with Crippen molar-refractivity contribution in [3.8, 4) is 0 Å². The minimum absolute atomic E-state index is 0.265. The molecule has 0 aliphatic rings. The van der Waals surface area contributed by atoms with Crippen LogP contribution in [-0.4, -0.2) is 15.8 Å². The van der Waals surface area contributed by atoms with Crippen LogP contribution in [0.2, 0.25) is 0 Å². The van der Waals surface area contributed by atoms with Crippen molar-refractivity contribution in [3.63, 3.8) is 0 Å². The van der Waals surface area contributed by atoms with Crippen LogP contribution in [0.3, 0.4) is 0 Å². The highest BCUT2D eigenvalue weighted by atomic mass is 15.3. The molecule has 0 fully saturated rings. The van der Waals surface area contributed by atoms with E-state index in [1.807, 2.05) is 11.7 Å². The van der Waals surface area contributed by atoms with Crippen LogP contribution in [0.25, 0.3) is 0 Å². The Balaban J connectivity index is 2.60. The second-order valence-corrected chi connectivity index (χ2v) is 5.28. The fourth-order valence-electron chi connectivity index (χ4n) is 2.53. The lowest BCUT2D eigenvalue weighted by atomic mass is 9.89. The lowest BCUT2D eigenvalue weighted by molar-refractivity contribution is 0.364. The van der Waals surface area contributed by atoms with Crippen molar-refractivity contribution in [1.29, 1.82) is 0 Å². The van der Waals surface area contributed by atoms with E-state index in [0.29, 0.717) is 5.92 Å². The van der Waals surface area contributed by atoms with Crippen molar-refractivity contribution in [2.45, 2.75) is 65.3 Å². The van der Waals surface area contributed by atoms with Crippen LogP contribution >= 0.6 is 0 Å². The predicted octanol–water partition coefficient (Wildman–Crippen LogP) is 3.07. The zero-order chi connectivity index (χ0) is 13.5. The van der Waals surface area contributed by atoms with Crippen molar-refractivity contribution >= 4 is 0 Å². The summed E-state index contributed by atoms with van der Waals surface area (Å²) in [6.45, 7) is 6.63. The fraction of sp³-hybridized carbons (Fsp3) is 0.800. The van der Waals surface area contributed by atoms with Gasteiger partial charge in [-0.25, -0.2) is 0 Å². The highest BCUT2D eigenvalue weighted by Crippen LogP contribution is 2.19. The van der Waals surface area contributed by atoms with E-state index in [0.717, 1.165) is 12.8 Å². The van der Waals surface area contributed by atoms with Crippen molar-refractivity contribution in [1.82, 2.24) is 9.78 Å². The largest absolute Gasteiger partial charge is 0.327 e. The summed E-state index contributed by atoms with van der Waals surface area (Å²) in [5, 5.41) is 4.49. The Morgan fingerprint density at radius 1 is 1.33 bits per heavy atom. The molecule has 3 heteroatoms. The summed E-state index contributed by atoms with van der Waals surface area (Å²) in [6.07, 6.45) is 6.93. The average molecular weight is 251 g/mol. The zero-order valence-electron chi connectivity index (χ0n) is 12.4. The van der Waals surface area contributed by atoms with Crippen molar-refractivity contribution in [2.75, 3.05) is 0 Å². The average Bonchev–Trinajstić information content (AvgIpc) is 2.71. The lowest BCUT2D eigenvalue weighted by Gasteiger charge is -2.22. The molecule has 1 aromatic heterocycles. The number of rotatable bonds is 8. The van der Waals surface area contributed by atoms with Gasteiger partial charge in [0.05, 0.1) is 5.69 Å². The number of hydrogen-bond acceptors (Lipinski definition) is 2. The Morgan fingerprint density at radius 3 is 2.56 bits per heavy atom. The topological polar surface area (TPSA) is 43.8 Å². The molecule has 0 aliphatic carbocycles. The molecule has 0 aliphatic heterocycles. The van der Waals surface area contributed by atoms with Gasteiger partial charge in [-0.05, 0) is 24.8 Å². The van der Waals surface area contributed by atoms with Gasteiger partial charge in [0, 0.05) is 25.2 Å². The molecule has 2 atom stereocenters. The highest BCUT2D eigenvalue weighted by molar-refractivity contribution is 5.11. The van der Waals surface area contributed by atoms with Crippen molar-refractivity contribution in [3.05, 3.63) is 17.5 Å². The summed E-state index contributed by atoms with van der Waals surface area (Å²) >= 11 is 0. The van der Waals surface area contributed by atoms with Gasteiger partial charge in [0.1, 0.15) is 0 Å². The second kappa shape index (κ2) is 7.57. The smallest absolute Gasteiger partial charge is 0.0624 e. The maximum atomic E-state index is 6.38. The summed E-state index contributed by atoms with van der Waals surface area (Å²) in [4.78, 5) is 0. The molecule has 1 heterocycles. The van der Waals surface area contributed by atoms with Gasteiger partial charge in [-0.2, -0.15) is 5.10 Å². The van der Waals surface area contributed by atoms with Gasteiger partial charge >= 0.3 is 0 Å². The van der Waals surface area contributed by atoms with E-state index >= 15 is 0 Å². The number of aromatic nitrogens is 2. The fourth-order valence-corrected chi connectivity index (χ4v) is 2.53. The van der Waals surface area contributed by atoms with E-state index in [1.165, 1.54) is 37.1 Å². The SMILES string of the molecule is CCCCC(CC)C(N)Cc1cc(CC)nn1C. The summed E-state index contributed by atoms with van der Waals surface area (Å²) in [5.74, 6) is 0.643. The molecule has 0 aromatic carbocycles. The first-order valence-corrected chi connectivity index (χ1v) is 7.39. The van der Waals surface area contributed by atoms with E-state index in [1.54, 1.807) is 0 Å². The first kappa shape index (κ1) is 15.2. The summed E-state index contributed by atoms with van der Waals surface area (Å²) in [7, 11) is 2.02. The van der Waals surface area contributed by atoms with E-state index < -0.39 is 0 Å². The zero-order valence-corrected chi connectivity index (χ0v) is 12.4. The predicted molar refractivity (Wildman–Crippen MR) is 77.6 cm³/mol. The van der Waals surface area contributed by atoms with Crippen LogP contribution in [0.5, 0.6) is 0 Å². The standard InChI is InChI=1S/C15H29N3/c1-5-8-9-12(6-2)15(16)11-14-10-13(7-3)17-18(14)4/h10,12,15H,5-9,11,16H2,1-4H3. The van der Waals surface area contributed by atoms with Crippen molar-refractivity contribution < 1.29 is 0 Å². The van der Waals surface area contributed by atoms with Crippen molar-refractivity contribution in [2.24, 2.45) is 18.7 Å². The Morgan fingerprint density at radius 2 is 2.06 bits per heavy atom. The highest BCUT2D eigenvalue weighted by Gasteiger charge is 2.17. The third-order valence-corrected chi connectivity index (χ3v) is 3.89. The van der Waals surface area contributed by atoms with Gasteiger partial charge in [0.2, 0.25) is 0 Å². The Bertz CT molecular complexity index is 344. The van der Waals surface area contributed by atoms with E-state index in [9.17, 15) is 0 Å². The molecule has 18 heavy (non-hydrogen) atoms. The third kappa shape index (κ3) is 4.13. The van der Waals surface area contributed by atoms with E-state index in [4.69, 9.17) is 5.73 Å². The Kier molecular flexibility index (Phi) is 6.41. The molecule has 0 spiro atoms. The minimum atomic E-state index is 0.265. The number of nitrogens with two attached hydrogens (primary N) is 1. The molecule has 1 rings (SSSR count). The number of nitrogens with zero attached hydrogens (tertiary/aromatic N) is 2. The molecular formula is C15H29N3. The molecule has 0 saturated carbocycles. The van der Waals surface area contributed by atoms with Crippen LogP contribution in [0.15, 0.2) is 6.07 Å². The molecule has 104 valence electrons. The molecular weight excluding hydrogens is 222 g/mol. The molecule has 2 unspecified atom stereocenters. The molecule has 0 amide bonds. The van der Waals surface area contributed by atoms with E-state index in [2.05, 4.69) is 31.9 Å². The Hall–Kier alpha value is -0.830. The van der Waals surface area contributed by atoms with Crippen LogP contribution < -0.4 is 5.73 Å². The van der Waals surface area contributed by atoms with E-state index in [-0.39, 0.29) is 6.04 Å². The quantitative estimate of drug-likeness (QED) is 0.771. The number of aryl methyl sites for hydroxylation is 2.